The molecule has 0 atom stereocenters. The van der Waals surface area contributed by atoms with E-state index in [0.717, 1.165) is 42.4 Å². The van der Waals surface area contributed by atoms with Crippen LogP contribution in [0.5, 0.6) is 0 Å². The summed E-state index contributed by atoms with van der Waals surface area (Å²) in [5.74, 6) is -1.26. The smallest absolute Gasteiger partial charge is 0.272 e. The average Bonchev–Trinajstić information content (AvgIpc) is 3.54. The molecule has 0 bridgehead atoms. The highest BCUT2D eigenvalue weighted by Crippen LogP contribution is 2.28. The van der Waals surface area contributed by atoms with Crippen LogP contribution >= 0.6 is 0 Å². The summed E-state index contributed by atoms with van der Waals surface area (Å²) in [6.07, 6.45) is 2.03. The van der Waals surface area contributed by atoms with Crippen LogP contribution in [0.1, 0.15) is 44.8 Å². The molecule has 2 amide bonds. The summed E-state index contributed by atoms with van der Waals surface area (Å²) in [4.78, 5) is 27.0. The van der Waals surface area contributed by atoms with Gasteiger partial charge < -0.3 is 26.3 Å². The maximum absolute atomic E-state index is 14.5. The Balaban J connectivity index is 1.51. The highest BCUT2D eigenvalue weighted by atomic mass is 19.1. The first-order chi connectivity index (χ1) is 17.8. The van der Waals surface area contributed by atoms with Crippen LogP contribution in [0.25, 0.3) is 10.9 Å². The molecular formula is C28H27FN6O2. The third-order valence-electron chi connectivity index (χ3n) is 6.68. The maximum Gasteiger partial charge on any atom is 0.272 e. The lowest BCUT2D eigenvalue weighted by Gasteiger charge is -2.19. The number of amidine groups is 1. The van der Waals surface area contributed by atoms with Gasteiger partial charge in [-0.2, -0.15) is 0 Å². The number of hydrogen-bond donors (Lipinski definition) is 4. The van der Waals surface area contributed by atoms with E-state index in [1.807, 2.05) is 15.5 Å². The molecule has 1 aliphatic heterocycles. The Bertz CT molecular complexity index is 1520. The molecule has 3 aromatic carbocycles. The van der Waals surface area contributed by atoms with Crippen LogP contribution in [-0.4, -0.2) is 35.3 Å². The van der Waals surface area contributed by atoms with Gasteiger partial charge in [0.05, 0.1) is 5.69 Å². The maximum atomic E-state index is 14.5. The van der Waals surface area contributed by atoms with Gasteiger partial charge in [0.2, 0.25) is 5.91 Å². The highest BCUT2D eigenvalue weighted by Gasteiger charge is 2.20. The summed E-state index contributed by atoms with van der Waals surface area (Å²) < 4.78 is 16.3. The largest absolute Gasteiger partial charge is 0.384 e. The van der Waals surface area contributed by atoms with E-state index in [2.05, 4.69) is 5.32 Å². The van der Waals surface area contributed by atoms with E-state index in [1.165, 1.54) is 6.07 Å². The van der Waals surface area contributed by atoms with E-state index < -0.39 is 5.91 Å². The minimum atomic E-state index is -0.517. The van der Waals surface area contributed by atoms with E-state index >= 15 is 0 Å². The summed E-state index contributed by atoms with van der Waals surface area (Å²) in [7, 11) is 0. The summed E-state index contributed by atoms with van der Waals surface area (Å²) >= 11 is 0. The molecule has 2 heterocycles. The molecule has 8 nitrogen and oxygen atoms in total. The van der Waals surface area contributed by atoms with E-state index in [-0.39, 0.29) is 17.6 Å². The fraction of sp³-hybridized carbons (Fsp3) is 0.179. The number of nitrogens with one attached hydrogen (secondary N) is 2. The SMILES string of the molecule is N=C(N)c1ccc2cc(C(=O)Nc3ccc(F)c(N4CCCC4)c3)n(Cc3ccc(C(N)=O)cc3)c2c1. The van der Waals surface area contributed by atoms with Gasteiger partial charge in [0.15, 0.2) is 0 Å². The fourth-order valence-corrected chi connectivity index (χ4v) is 4.72. The van der Waals surface area contributed by atoms with Gasteiger partial charge in [0, 0.05) is 47.4 Å². The van der Waals surface area contributed by atoms with Gasteiger partial charge in [-0.15, -0.1) is 0 Å². The van der Waals surface area contributed by atoms with Crippen LogP contribution in [-0.2, 0) is 6.54 Å². The van der Waals surface area contributed by atoms with Crippen molar-refractivity contribution in [2.24, 2.45) is 11.5 Å². The minimum Gasteiger partial charge on any atom is -0.384 e. The Morgan fingerprint density at radius 1 is 0.919 bits per heavy atom. The van der Waals surface area contributed by atoms with Gasteiger partial charge in [-0.3, -0.25) is 15.0 Å². The summed E-state index contributed by atoms with van der Waals surface area (Å²) in [6, 6.07) is 18.5. The van der Waals surface area contributed by atoms with Crippen LogP contribution in [0.4, 0.5) is 15.8 Å². The number of hydrogen-bond acceptors (Lipinski definition) is 4. The van der Waals surface area contributed by atoms with Gasteiger partial charge in [-0.1, -0.05) is 24.3 Å². The van der Waals surface area contributed by atoms with E-state index in [0.29, 0.717) is 34.7 Å². The normalized spacial score (nSPS) is 13.2. The highest BCUT2D eigenvalue weighted by molar-refractivity contribution is 6.07. The molecule has 6 N–H and O–H groups in total. The van der Waals surface area contributed by atoms with Crippen LogP contribution in [0.2, 0.25) is 0 Å². The molecular weight excluding hydrogens is 471 g/mol. The fourth-order valence-electron chi connectivity index (χ4n) is 4.72. The molecule has 1 aromatic heterocycles. The van der Waals surface area contributed by atoms with Crippen LogP contribution in [0.3, 0.4) is 0 Å². The third kappa shape index (κ3) is 4.88. The number of amides is 2. The zero-order valence-corrected chi connectivity index (χ0v) is 20.1. The molecule has 0 saturated carbocycles. The number of aromatic nitrogens is 1. The van der Waals surface area contributed by atoms with Crippen molar-refractivity contribution in [1.82, 2.24) is 4.57 Å². The van der Waals surface area contributed by atoms with Crippen molar-refractivity contribution in [2.75, 3.05) is 23.3 Å². The minimum absolute atomic E-state index is 0.0767. The summed E-state index contributed by atoms with van der Waals surface area (Å²) in [5.41, 5.74) is 15.0. The molecule has 5 rings (SSSR count). The van der Waals surface area contributed by atoms with Gasteiger partial charge in [0.25, 0.3) is 5.91 Å². The van der Waals surface area contributed by atoms with Crippen LogP contribution in [0.15, 0.2) is 66.7 Å². The first-order valence-electron chi connectivity index (χ1n) is 12.0. The Hall–Kier alpha value is -4.66. The number of halogens is 1. The summed E-state index contributed by atoms with van der Waals surface area (Å²) in [6.45, 7) is 1.90. The number of carbonyl (C=O) groups excluding carboxylic acids is 2. The molecule has 0 unspecified atom stereocenters. The number of nitrogens with zero attached hydrogens (tertiary/aromatic N) is 2. The molecule has 37 heavy (non-hydrogen) atoms. The second-order valence-corrected chi connectivity index (χ2v) is 9.18. The first kappa shape index (κ1) is 24.1. The second-order valence-electron chi connectivity index (χ2n) is 9.18. The number of benzene rings is 3. The number of nitrogens with two attached hydrogens (primary N) is 2. The molecule has 9 heteroatoms. The van der Waals surface area contributed by atoms with Crippen molar-refractivity contribution in [3.05, 3.63) is 94.9 Å². The number of carbonyl (C=O) groups is 2. The van der Waals surface area contributed by atoms with E-state index in [1.54, 1.807) is 54.6 Å². The van der Waals surface area contributed by atoms with Crippen LogP contribution < -0.4 is 21.7 Å². The Morgan fingerprint density at radius 2 is 1.62 bits per heavy atom. The van der Waals surface area contributed by atoms with Crippen molar-refractivity contribution in [1.29, 1.82) is 5.41 Å². The molecule has 0 aliphatic carbocycles. The number of primary amides is 1. The van der Waals surface area contributed by atoms with E-state index in [4.69, 9.17) is 16.9 Å². The average molecular weight is 499 g/mol. The number of anilines is 2. The predicted molar refractivity (Wildman–Crippen MR) is 143 cm³/mol. The van der Waals surface area contributed by atoms with Crippen molar-refractivity contribution in [3.63, 3.8) is 0 Å². The zero-order valence-electron chi connectivity index (χ0n) is 20.1. The predicted octanol–water partition coefficient (Wildman–Crippen LogP) is 4.06. The molecule has 1 fully saturated rings. The number of rotatable bonds is 7. The molecule has 1 saturated heterocycles. The van der Waals surface area contributed by atoms with Gasteiger partial charge in [-0.25, -0.2) is 4.39 Å². The lowest BCUT2D eigenvalue weighted by atomic mass is 10.1. The molecule has 0 radical (unpaired) electrons. The van der Waals surface area contributed by atoms with Gasteiger partial charge in [-0.05, 0) is 60.9 Å². The zero-order chi connectivity index (χ0) is 26.1. The molecule has 4 aromatic rings. The molecule has 188 valence electrons. The van der Waals surface area contributed by atoms with Crippen molar-refractivity contribution < 1.29 is 14.0 Å². The topological polar surface area (TPSA) is 130 Å². The Kier molecular flexibility index (Phi) is 6.35. The number of fused-ring (bicyclic) bond motifs is 1. The van der Waals surface area contributed by atoms with Gasteiger partial charge >= 0.3 is 0 Å². The van der Waals surface area contributed by atoms with Crippen molar-refractivity contribution in [2.45, 2.75) is 19.4 Å². The van der Waals surface area contributed by atoms with Crippen LogP contribution in [0, 0.1) is 11.2 Å². The first-order valence-corrected chi connectivity index (χ1v) is 12.0. The lowest BCUT2D eigenvalue weighted by molar-refractivity contribution is 0.0997. The van der Waals surface area contributed by atoms with Crippen molar-refractivity contribution in [3.8, 4) is 0 Å². The second kappa shape index (κ2) is 9.77. The lowest BCUT2D eigenvalue weighted by Crippen LogP contribution is -2.20. The quantitative estimate of drug-likeness (QED) is 0.226. The molecule has 1 aliphatic rings. The Morgan fingerprint density at radius 3 is 2.30 bits per heavy atom. The molecule has 0 spiro atoms. The van der Waals surface area contributed by atoms with E-state index in [9.17, 15) is 14.0 Å². The van der Waals surface area contributed by atoms with Gasteiger partial charge in [0.1, 0.15) is 17.3 Å². The number of nitrogen functional groups attached to an aromatic ring is 1. The monoisotopic (exact) mass is 498 g/mol. The Labute approximate surface area is 213 Å². The third-order valence-corrected chi connectivity index (χ3v) is 6.68. The summed E-state index contributed by atoms with van der Waals surface area (Å²) in [5, 5.41) is 11.5. The standard InChI is InChI=1S/C28H27FN6O2/c29-22-10-9-21(15-24(22)34-11-1-2-12-34)33-28(37)25-13-19-7-8-20(26(30)31)14-23(19)35(25)16-17-3-5-18(6-4-17)27(32)36/h3-10,13-15H,1-2,11-12,16H2,(H3,30,31)(H2,32,36)(H,33,37). The van der Waals surface area contributed by atoms with Crippen molar-refractivity contribution >= 4 is 39.9 Å².